The zero-order valence-corrected chi connectivity index (χ0v) is 15.0. The van der Waals surface area contributed by atoms with E-state index in [0.29, 0.717) is 34.9 Å². The van der Waals surface area contributed by atoms with Gasteiger partial charge in [-0.3, -0.25) is 9.59 Å². The Kier molecular flexibility index (Phi) is 4.66. The van der Waals surface area contributed by atoms with Crippen LogP contribution in [0.2, 0.25) is 5.02 Å². The Labute approximate surface area is 156 Å². The highest BCUT2D eigenvalue weighted by Crippen LogP contribution is 2.28. The summed E-state index contributed by atoms with van der Waals surface area (Å²) in [6, 6.07) is 12.3. The van der Waals surface area contributed by atoms with E-state index >= 15 is 0 Å². The van der Waals surface area contributed by atoms with Gasteiger partial charge >= 0.3 is 0 Å². The van der Waals surface area contributed by atoms with E-state index in [1.54, 1.807) is 35.2 Å². The van der Waals surface area contributed by atoms with Crippen LogP contribution in [-0.2, 0) is 11.3 Å². The van der Waals surface area contributed by atoms with E-state index in [1.165, 1.54) is 0 Å². The van der Waals surface area contributed by atoms with Crippen LogP contribution in [0.1, 0.15) is 39.1 Å². The fraction of sp³-hybridized carbons (Fsp3) is 0.300. The Balaban J connectivity index is 1.55. The number of amides is 2. The van der Waals surface area contributed by atoms with Crippen LogP contribution in [0.5, 0.6) is 0 Å². The Morgan fingerprint density at radius 2 is 2.12 bits per heavy atom. The van der Waals surface area contributed by atoms with Crippen LogP contribution in [0, 0.1) is 0 Å². The van der Waals surface area contributed by atoms with Crippen molar-refractivity contribution in [1.29, 1.82) is 0 Å². The lowest BCUT2D eigenvalue weighted by Crippen LogP contribution is -2.32. The van der Waals surface area contributed by atoms with Crippen LogP contribution in [0.25, 0.3) is 0 Å². The van der Waals surface area contributed by atoms with Gasteiger partial charge in [0.1, 0.15) is 0 Å². The molecule has 2 heterocycles. The molecule has 1 N–H and O–H groups in total. The van der Waals surface area contributed by atoms with Gasteiger partial charge in [0, 0.05) is 30.4 Å². The monoisotopic (exact) mass is 370 g/mol. The highest BCUT2D eigenvalue weighted by atomic mass is 35.5. The molecule has 2 amide bonds. The second-order valence-corrected chi connectivity index (χ2v) is 7.06. The lowest BCUT2D eigenvalue weighted by molar-refractivity contribution is 0.0544. The normalized spacial score (nSPS) is 18.9. The number of carbonyl (C=O) groups excluding carboxylic acids is 2. The van der Waals surface area contributed by atoms with Gasteiger partial charge in [-0.25, -0.2) is 0 Å². The molecule has 6 heteroatoms. The molecule has 0 saturated carbocycles. The number of carbonyl (C=O) groups is 2. The van der Waals surface area contributed by atoms with Crippen LogP contribution < -0.4 is 5.32 Å². The first-order valence-corrected chi connectivity index (χ1v) is 9.09. The maximum absolute atomic E-state index is 12.9. The number of rotatable bonds is 4. The van der Waals surface area contributed by atoms with Crippen molar-refractivity contribution in [2.45, 2.75) is 25.5 Å². The molecule has 1 fully saturated rings. The minimum atomic E-state index is -0.309. The molecule has 0 radical (unpaired) electrons. The van der Waals surface area contributed by atoms with Crippen molar-refractivity contribution in [3.63, 3.8) is 0 Å². The van der Waals surface area contributed by atoms with Crippen molar-refractivity contribution >= 4 is 29.1 Å². The van der Waals surface area contributed by atoms with Gasteiger partial charge < -0.3 is 15.0 Å². The second kappa shape index (κ2) is 7.09. The molecule has 0 aromatic heterocycles. The summed E-state index contributed by atoms with van der Waals surface area (Å²) in [5.41, 5.74) is 2.36. The van der Waals surface area contributed by atoms with E-state index in [9.17, 15) is 9.59 Å². The van der Waals surface area contributed by atoms with Gasteiger partial charge in [-0.1, -0.05) is 29.8 Å². The highest BCUT2D eigenvalue weighted by molar-refractivity contribution is 6.31. The van der Waals surface area contributed by atoms with Crippen molar-refractivity contribution in [3.8, 4) is 0 Å². The number of anilines is 1. The number of benzene rings is 2. The van der Waals surface area contributed by atoms with Gasteiger partial charge in [-0.15, -0.1) is 0 Å². The largest absolute Gasteiger partial charge is 0.376 e. The van der Waals surface area contributed by atoms with Gasteiger partial charge in [0.25, 0.3) is 11.8 Å². The topological polar surface area (TPSA) is 58.6 Å². The Bertz CT molecular complexity index is 862. The number of ether oxygens (including phenoxy) is 1. The summed E-state index contributed by atoms with van der Waals surface area (Å²) in [7, 11) is 0. The van der Waals surface area contributed by atoms with E-state index in [1.807, 2.05) is 12.1 Å². The predicted molar refractivity (Wildman–Crippen MR) is 99.6 cm³/mol. The molecule has 5 nitrogen and oxygen atoms in total. The number of hydrogen-bond donors (Lipinski definition) is 1. The van der Waals surface area contributed by atoms with Gasteiger partial charge in [0.15, 0.2) is 0 Å². The summed E-state index contributed by atoms with van der Waals surface area (Å²) >= 11 is 5.97. The molecule has 2 aliphatic heterocycles. The van der Waals surface area contributed by atoms with Crippen molar-refractivity contribution in [1.82, 2.24) is 4.90 Å². The molecular formula is C20H19ClN2O3. The third kappa shape index (κ3) is 3.32. The number of nitrogens with zero attached hydrogens (tertiary/aromatic N) is 1. The number of halogens is 1. The first-order chi connectivity index (χ1) is 12.6. The van der Waals surface area contributed by atoms with Gasteiger partial charge in [-0.2, -0.15) is 0 Å². The molecule has 2 aromatic carbocycles. The summed E-state index contributed by atoms with van der Waals surface area (Å²) in [6.07, 6.45) is 2.10. The summed E-state index contributed by atoms with van der Waals surface area (Å²) in [5.74, 6) is -0.413. The molecule has 1 atom stereocenters. The van der Waals surface area contributed by atoms with Crippen LogP contribution in [-0.4, -0.2) is 36.0 Å². The van der Waals surface area contributed by atoms with Crippen molar-refractivity contribution < 1.29 is 14.3 Å². The molecule has 26 heavy (non-hydrogen) atoms. The Morgan fingerprint density at radius 3 is 2.88 bits per heavy atom. The average Bonchev–Trinajstić information content (AvgIpc) is 3.24. The first-order valence-electron chi connectivity index (χ1n) is 8.71. The zero-order chi connectivity index (χ0) is 18.1. The molecule has 0 spiro atoms. The van der Waals surface area contributed by atoms with E-state index < -0.39 is 0 Å². The molecule has 0 aliphatic carbocycles. The quantitative estimate of drug-likeness (QED) is 0.892. The standard InChI is InChI=1S/C20H19ClN2O3/c21-14-5-2-6-15(10-14)22-19(24)17-8-1-4-13-11-23(20(25)18(13)17)12-16-7-3-9-26-16/h1-2,4-6,8,10,16H,3,7,9,11-12H2,(H,22,24)/t16-/m1/s1. The highest BCUT2D eigenvalue weighted by Gasteiger charge is 2.33. The minimum absolute atomic E-state index is 0.0944. The molecule has 0 bridgehead atoms. The van der Waals surface area contributed by atoms with Crippen LogP contribution in [0.15, 0.2) is 42.5 Å². The molecule has 0 unspecified atom stereocenters. The van der Waals surface area contributed by atoms with E-state index in [4.69, 9.17) is 16.3 Å². The lowest BCUT2D eigenvalue weighted by atomic mass is 10.0. The number of nitrogens with one attached hydrogen (secondary N) is 1. The van der Waals surface area contributed by atoms with Gasteiger partial charge in [0.05, 0.1) is 17.2 Å². The average molecular weight is 371 g/mol. The molecule has 1 saturated heterocycles. The maximum atomic E-state index is 12.9. The van der Waals surface area contributed by atoms with Crippen LogP contribution in [0.4, 0.5) is 5.69 Å². The molecule has 2 aromatic rings. The summed E-state index contributed by atoms with van der Waals surface area (Å²) in [4.78, 5) is 27.4. The fourth-order valence-corrected chi connectivity index (χ4v) is 3.75. The van der Waals surface area contributed by atoms with E-state index in [-0.39, 0.29) is 17.9 Å². The third-order valence-corrected chi connectivity index (χ3v) is 5.02. The molecular weight excluding hydrogens is 352 g/mol. The maximum Gasteiger partial charge on any atom is 0.256 e. The van der Waals surface area contributed by atoms with E-state index in [2.05, 4.69) is 5.32 Å². The van der Waals surface area contributed by atoms with E-state index in [0.717, 1.165) is 25.0 Å². The van der Waals surface area contributed by atoms with Gasteiger partial charge in [-0.05, 0) is 42.7 Å². The van der Waals surface area contributed by atoms with Crippen LogP contribution in [0.3, 0.4) is 0 Å². The smallest absolute Gasteiger partial charge is 0.256 e. The molecule has 134 valence electrons. The van der Waals surface area contributed by atoms with Gasteiger partial charge in [0.2, 0.25) is 0 Å². The fourth-order valence-electron chi connectivity index (χ4n) is 3.56. The Morgan fingerprint density at radius 1 is 1.27 bits per heavy atom. The lowest BCUT2D eigenvalue weighted by Gasteiger charge is -2.19. The summed E-state index contributed by atoms with van der Waals surface area (Å²) in [6.45, 7) is 1.85. The third-order valence-electron chi connectivity index (χ3n) is 4.79. The number of hydrogen-bond acceptors (Lipinski definition) is 3. The molecule has 2 aliphatic rings. The summed E-state index contributed by atoms with van der Waals surface area (Å²) < 4.78 is 5.64. The zero-order valence-electron chi connectivity index (χ0n) is 14.2. The summed E-state index contributed by atoms with van der Waals surface area (Å²) in [5, 5.41) is 3.36. The van der Waals surface area contributed by atoms with Crippen molar-refractivity contribution in [2.75, 3.05) is 18.5 Å². The van der Waals surface area contributed by atoms with Crippen molar-refractivity contribution in [3.05, 3.63) is 64.2 Å². The number of fused-ring (bicyclic) bond motifs is 1. The molecule has 4 rings (SSSR count). The Hall–Kier alpha value is -2.37. The predicted octanol–water partition coefficient (Wildman–Crippen LogP) is 3.73. The minimum Gasteiger partial charge on any atom is -0.376 e. The second-order valence-electron chi connectivity index (χ2n) is 6.62. The van der Waals surface area contributed by atoms with Crippen molar-refractivity contribution in [2.24, 2.45) is 0 Å². The van der Waals surface area contributed by atoms with Crippen LogP contribution >= 0.6 is 11.6 Å². The SMILES string of the molecule is O=C(Nc1cccc(Cl)c1)c1cccc2c1C(=O)N(C[C@H]1CCCO1)C2. The first kappa shape index (κ1) is 17.1.